The maximum Gasteiger partial charge on any atom is 0.251 e. The molecule has 0 heterocycles. The lowest BCUT2D eigenvalue weighted by Gasteiger charge is -2.15. The number of halogens is 1. The summed E-state index contributed by atoms with van der Waals surface area (Å²) in [5.74, 6) is 0.628. The van der Waals surface area contributed by atoms with Crippen molar-refractivity contribution in [2.75, 3.05) is 20.3 Å². The predicted molar refractivity (Wildman–Crippen MR) is 104 cm³/mol. The number of rotatable bonds is 9. The van der Waals surface area contributed by atoms with Gasteiger partial charge in [0.05, 0.1) is 18.7 Å². The van der Waals surface area contributed by atoms with E-state index >= 15 is 0 Å². The van der Waals surface area contributed by atoms with E-state index in [0.29, 0.717) is 35.2 Å². The zero-order chi connectivity index (χ0) is 18.9. The van der Waals surface area contributed by atoms with Crippen LogP contribution >= 0.6 is 11.6 Å². The van der Waals surface area contributed by atoms with Crippen molar-refractivity contribution >= 4 is 17.5 Å². The number of carbonyl (C=O) groups is 1. The van der Waals surface area contributed by atoms with E-state index in [4.69, 9.17) is 26.8 Å². The summed E-state index contributed by atoms with van der Waals surface area (Å²) in [7, 11) is 1.52. The van der Waals surface area contributed by atoms with Crippen molar-refractivity contribution in [3.05, 3.63) is 58.6 Å². The Kier molecular flexibility index (Phi) is 7.75. The van der Waals surface area contributed by atoms with Gasteiger partial charge in [-0.2, -0.15) is 0 Å². The summed E-state index contributed by atoms with van der Waals surface area (Å²) in [6.45, 7) is 2.94. The highest BCUT2D eigenvalue weighted by Crippen LogP contribution is 2.36. The minimum absolute atomic E-state index is 0.267. The van der Waals surface area contributed by atoms with Crippen molar-refractivity contribution in [2.24, 2.45) is 5.73 Å². The van der Waals surface area contributed by atoms with E-state index in [9.17, 15) is 4.79 Å². The topological polar surface area (TPSA) is 73.6 Å². The maximum atomic E-state index is 12.5. The van der Waals surface area contributed by atoms with Gasteiger partial charge in [-0.1, -0.05) is 55.3 Å². The SMILES string of the molecule is CCCCOc1c(Cl)cc(C(=O)NCC(N)c2ccccc2)cc1OC. The molecule has 0 saturated heterocycles. The molecule has 1 amide bonds. The van der Waals surface area contributed by atoms with Gasteiger partial charge in [-0.25, -0.2) is 0 Å². The first-order valence-electron chi connectivity index (χ1n) is 8.65. The average molecular weight is 377 g/mol. The molecule has 2 aromatic rings. The van der Waals surface area contributed by atoms with Crippen LogP contribution in [-0.2, 0) is 0 Å². The smallest absolute Gasteiger partial charge is 0.251 e. The molecule has 0 aliphatic rings. The molecular weight excluding hydrogens is 352 g/mol. The number of hydrogen-bond acceptors (Lipinski definition) is 4. The molecule has 2 rings (SSSR count). The van der Waals surface area contributed by atoms with Crippen molar-refractivity contribution in [3.8, 4) is 11.5 Å². The predicted octanol–water partition coefficient (Wildman–Crippen LogP) is 3.96. The molecule has 2 aromatic carbocycles. The first-order chi connectivity index (χ1) is 12.6. The molecule has 3 N–H and O–H groups in total. The van der Waals surface area contributed by atoms with Gasteiger partial charge in [0, 0.05) is 18.2 Å². The lowest BCUT2D eigenvalue weighted by atomic mass is 10.1. The molecule has 1 atom stereocenters. The number of carbonyl (C=O) groups excluding carboxylic acids is 1. The summed E-state index contributed by atoms with van der Waals surface area (Å²) in [5.41, 5.74) is 7.47. The molecule has 0 aliphatic carbocycles. The van der Waals surface area contributed by atoms with Crippen molar-refractivity contribution < 1.29 is 14.3 Å². The quantitative estimate of drug-likeness (QED) is 0.650. The first-order valence-corrected chi connectivity index (χ1v) is 9.03. The summed E-state index contributed by atoms with van der Waals surface area (Å²) in [5, 5.41) is 3.17. The van der Waals surface area contributed by atoms with Crippen molar-refractivity contribution in [3.63, 3.8) is 0 Å². The van der Waals surface area contributed by atoms with Crippen LogP contribution in [0.2, 0.25) is 5.02 Å². The second kappa shape index (κ2) is 10.0. The number of ether oxygens (including phenoxy) is 2. The van der Waals surface area contributed by atoms with Crippen LogP contribution in [0.15, 0.2) is 42.5 Å². The highest BCUT2D eigenvalue weighted by atomic mass is 35.5. The fourth-order valence-electron chi connectivity index (χ4n) is 2.43. The van der Waals surface area contributed by atoms with Crippen LogP contribution in [0, 0.1) is 0 Å². The van der Waals surface area contributed by atoms with Gasteiger partial charge in [-0.15, -0.1) is 0 Å². The Morgan fingerprint density at radius 2 is 2.00 bits per heavy atom. The Hall–Kier alpha value is -2.24. The second-order valence-electron chi connectivity index (χ2n) is 5.92. The van der Waals surface area contributed by atoms with Crippen LogP contribution in [0.25, 0.3) is 0 Å². The number of methoxy groups -OCH3 is 1. The molecule has 0 aromatic heterocycles. The molecule has 0 radical (unpaired) electrons. The van der Waals surface area contributed by atoms with Crippen LogP contribution in [-0.4, -0.2) is 26.2 Å². The minimum atomic E-state index is -0.283. The summed E-state index contributed by atoms with van der Waals surface area (Å²) in [6.07, 6.45) is 1.93. The molecule has 0 spiro atoms. The van der Waals surface area contributed by atoms with Crippen LogP contribution in [0.4, 0.5) is 0 Å². The van der Waals surface area contributed by atoms with E-state index < -0.39 is 0 Å². The molecule has 5 nitrogen and oxygen atoms in total. The number of benzene rings is 2. The molecule has 140 valence electrons. The molecule has 6 heteroatoms. The van der Waals surface area contributed by atoms with Gasteiger partial charge in [0.1, 0.15) is 0 Å². The van der Waals surface area contributed by atoms with Crippen molar-refractivity contribution in [1.82, 2.24) is 5.32 Å². The fraction of sp³-hybridized carbons (Fsp3) is 0.350. The molecule has 0 aliphatic heterocycles. The maximum absolute atomic E-state index is 12.5. The summed E-state index contributed by atoms with van der Waals surface area (Å²) in [6, 6.07) is 12.5. The van der Waals surface area contributed by atoms with Crippen molar-refractivity contribution in [2.45, 2.75) is 25.8 Å². The molecule has 1 unspecified atom stereocenters. The van der Waals surface area contributed by atoms with Crippen LogP contribution in [0.3, 0.4) is 0 Å². The Bertz CT molecular complexity index is 722. The summed E-state index contributed by atoms with van der Waals surface area (Å²) < 4.78 is 11.0. The normalized spacial score (nSPS) is 11.7. The summed E-state index contributed by atoms with van der Waals surface area (Å²) in [4.78, 5) is 12.5. The zero-order valence-electron chi connectivity index (χ0n) is 15.1. The third-order valence-electron chi connectivity index (χ3n) is 3.95. The van der Waals surface area contributed by atoms with Crippen LogP contribution in [0.1, 0.15) is 41.7 Å². The molecule has 26 heavy (non-hydrogen) atoms. The molecule has 0 bridgehead atoms. The minimum Gasteiger partial charge on any atom is -0.493 e. The number of unbranched alkanes of at least 4 members (excludes halogenated alkanes) is 1. The largest absolute Gasteiger partial charge is 0.493 e. The standard InChI is InChI=1S/C20H25ClN2O3/c1-3-4-10-26-19-16(21)11-15(12-18(19)25-2)20(24)23-13-17(22)14-8-6-5-7-9-14/h5-9,11-12,17H,3-4,10,13,22H2,1-2H3,(H,23,24). The van der Waals surface area contributed by atoms with E-state index in [1.807, 2.05) is 30.3 Å². The van der Waals surface area contributed by atoms with Crippen molar-refractivity contribution in [1.29, 1.82) is 0 Å². The zero-order valence-corrected chi connectivity index (χ0v) is 15.9. The third kappa shape index (κ3) is 5.38. The highest BCUT2D eigenvalue weighted by Gasteiger charge is 2.16. The van der Waals surface area contributed by atoms with Gasteiger partial charge >= 0.3 is 0 Å². The molecule has 0 fully saturated rings. The number of nitrogens with one attached hydrogen (secondary N) is 1. The first kappa shape index (κ1) is 20.1. The Morgan fingerprint density at radius 3 is 2.65 bits per heavy atom. The Labute approximate surface area is 159 Å². The van der Waals surface area contributed by atoms with E-state index in [-0.39, 0.29) is 11.9 Å². The molecule has 0 saturated carbocycles. The van der Waals surface area contributed by atoms with Gasteiger partial charge in [0.15, 0.2) is 11.5 Å². The third-order valence-corrected chi connectivity index (χ3v) is 4.23. The van der Waals surface area contributed by atoms with E-state index in [0.717, 1.165) is 18.4 Å². The van der Waals surface area contributed by atoms with Crippen LogP contribution < -0.4 is 20.5 Å². The van der Waals surface area contributed by atoms with E-state index in [1.54, 1.807) is 12.1 Å². The highest BCUT2D eigenvalue weighted by molar-refractivity contribution is 6.32. The monoisotopic (exact) mass is 376 g/mol. The second-order valence-corrected chi connectivity index (χ2v) is 6.33. The average Bonchev–Trinajstić information content (AvgIpc) is 2.67. The number of nitrogens with two attached hydrogens (primary N) is 1. The van der Waals surface area contributed by atoms with Gasteiger partial charge in [-0.3, -0.25) is 4.79 Å². The molecular formula is C20H25ClN2O3. The number of hydrogen-bond donors (Lipinski definition) is 2. The fourth-order valence-corrected chi connectivity index (χ4v) is 2.70. The van der Waals surface area contributed by atoms with Gasteiger partial charge in [0.2, 0.25) is 0 Å². The van der Waals surface area contributed by atoms with Gasteiger partial charge in [-0.05, 0) is 24.1 Å². The lowest BCUT2D eigenvalue weighted by Crippen LogP contribution is -2.31. The lowest BCUT2D eigenvalue weighted by molar-refractivity contribution is 0.0950. The Morgan fingerprint density at radius 1 is 1.27 bits per heavy atom. The number of amides is 1. The van der Waals surface area contributed by atoms with Gasteiger partial charge in [0.25, 0.3) is 5.91 Å². The Balaban J connectivity index is 2.05. The van der Waals surface area contributed by atoms with E-state index in [2.05, 4.69) is 12.2 Å². The summed E-state index contributed by atoms with van der Waals surface area (Å²) >= 11 is 6.29. The van der Waals surface area contributed by atoms with Gasteiger partial charge < -0.3 is 20.5 Å². The van der Waals surface area contributed by atoms with Crippen LogP contribution in [0.5, 0.6) is 11.5 Å². The van der Waals surface area contributed by atoms with E-state index in [1.165, 1.54) is 7.11 Å².